The summed E-state index contributed by atoms with van der Waals surface area (Å²) in [6, 6.07) is 0. The van der Waals surface area contributed by atoms with Crippen LogP contribution in [-0.4, -0.2) is 60.5 Å². The Kier molecular flexibility index (Phi) is 3.92. The first-order valence-electron chi connectivity index (χ1n) is 8.35. The molecule has 0 atom stereocenters. The molecule has 1 N–H and O–H groups in total. The van der Waals surface area contributed by atoms with E-state index in [0.717, 1.165) is 55.0 Å². The minimum atomic E-state index is 0.630. The smallest absolute Gasteiger partial charge is 0.245 e. The van der Waals surface area contributed by atoms with Gasteiger partial charge in [0.15, 0.2) is 17.3 Å². The van der Waals surface area contributed by atoms with E-state index in [4.69, 9.17) is 0 Å². The van der Waals surface area contributed by atoms with Gasteiger partial charge < -0.3 is 10.2 Å². The minimum absolute atomic E-state index is 0.630. The van der Waals surface area contributed by atoms with Crippen molar-refractivity contribution in [1.82, 2.24) is 39.7 Å². The largest absolute Gasteiger partial charge is 0.337 e. The molecule has 0 bridgehead atoms. The second-order valence-electron chi connectivity index (χ2n) is 6.15. The molecule has 0 aromatic carbocycles. The first-order chi connectivity index (χ1) is 12.1. The van der Waals surface area contributed by atoms with Crippen molar-refractivity contribution < 1.29 is 0 Å². The van der Waals surface area contributed by atoms with Gasteiger partial charge >= 0.3 is 0 Å². The fourth-order valence-corrected chi connectivity index (χ4v) is 2.86. The zero-order chi connectivity index (χ0) is 17.4. The summed E-state index contributed by atoms with van der Waals surface area (Å²) >= 11 is 0. The highest BCUT2D eigenvalue weighted by molar-refractivity contribution is 5.65. The SMILES string of the molecule is Cc1ncc(C)n2nc(/C=C/c3nc(N4CCNCC4)nn3C)nc12. The maximum absolute atomic E-state index is 4.63. The predicted octanol–water partition coefficient (Wildman–Crippen LogP) is 0.450. The number of piperazine rings is 1. The van der Waals surface area contributed by atoms with Gasteiger partial charge in [0.05, 0.1) is 11.4 Å². The first-order valence-corrected chi connectivity index (χ1v) is 8.35. The number of hydrogen-bond acceptors (Lipinski definition) is 7. The number of hydrogen-bond donors (Lipinski definition) is 1. The van der Waals surface area contributed by atoms with Crippen LogP contribution in [0, 0.1) is 13.8 Å². The van der Waals surface area contributed by atoms with Crippen molar-refractivity contribution >= 4 is 23.7 Å². The molecule has 130 valence electrons. The molecule has 1 saturated heterocycles. The van der Waals surface area contributed by atoms with Crippen LogP contribution in [0.25, 0.3) is 17.8 Å². The Balaban J connectivity index is 1.60. The van der Waals surface area contributed by atoms with Crippen LogP contribution < -0.4 is 10.2 Å². The van der Waals surface area contributed by atoms with Crippen LogP contribution in [0.1, 0.15) is 23.0 Å². The molecule has 1 fully saturated rings. The molecule has 0 amide bonds. The molecule has 25 heavy (non-hydrogen) atoms. The van der Waals surface area contributed by atoms with Crippen molar-refractivity contribution in [2.24, 2.45) is 7.05 Å². The van der Waals surface area contributed by atoms with Crippen LogP contribution in [0.15, 0.2) is 6.20 Å². The Hall–Kier alpha value is -2.81. The summed E-state index contributed by atoms with van der Waals surface area (Å²) in [5.74, 6) is 2.17. The zero-order valence-corrected chi connectivity index (χ0v) is 14.6. The monoisotopic (exact) mass is 339 g/mol. The topological polar surface area (TPSA) is 89.1 Å². The number of aromatic nitrogens is 7. The highest BCUT2D eigenvalue weighted by Gasteiger charge is 2.16. The second-order valence-corrected chi connectivity index (χ2v) is 6.15. The van der Waals surface area contributed by atoms with Gasteiger partial charge in [-0.15, -0.1) is 10.2 Å². The van der Waals surface area contributed by atoms with Crippen LogP contribution in [0.2, 0.25) is 0 Å². The quantitative estimate of drug-likeness (QED) is 0.741. The third kappa shape index (κ3) is 2.98. The third-order valence-corrected chi connectivity index (χ3v) is 4.29. The van der Waals surface area contributed by atoms with Crippen molar-refractivity contribution in [3.63, 3.8) is 0 Å². The van der Waals surface area contributed by atoms with Crippen LogP contribution in [0.5, 0.6) is 0 Å². The molecule has 3 aromatic rings. The van der Waals surface area contributed by atoms with E-state index in [-0.39, 0.29) is 0 Å². The van der Waals surface area contributed by atoms with Crippen LogP contribution in [-0.2, 0) is 7.05 Å². The van der Waals surface area contributed by atoms with E-state index in [2.05, 4.69) is 35.4 Å². The normalized spacial score (nSPS) is 15.6. The fourth-order valence-electron chi connectivity index (χ4n) is 2.86. The van der Waals surface area contributed by atoms with Gasteiger partial charge in [0, 0.05) is 39.4 Å². The first kappa shape index (κ1) is 15.7. The Bertz CT molecular complexity index is 892. The summed E-state index contributed by atoms with van der Waals surface area (Å²) in [6.45, 7) is 7.66. The molecule has 0 unspecified atom stereocenters. The van der Waals surface area contributed by atoms with Gasteiger partial charge in [0.25, 0.3) is 0 Å². The van der Waals surface area contributed by atoms with Crippen molar-refractivity contribution in [2.75, 3.05) is 31.1 Å². The van der Waals surface area contributed by atoms with Gasteiger partial charge in [-0.05, 0) is 26.0 Å². The highest BCUT2D eigenvalue weighted by atomic mass is 15.4. The van der Waals surface area contributed by atoms with E-state index in [1.165, 1.54) is 0 Å². The molecule has 4 rings (SSSR count). The summed E-state index contributed by atoms with van der Waals surface area (Å²) in [5, 5.41) is 12.4. The molecule has 0 aliphatic carbocycles. The molecule has 4 heterocycles. The van der Waals surface area contributed by atoms with Crippen molar-refractivity contribution in [3.8, 4) is 0 Å². The average molecular weight is 339 g/mol. The molecule has 3 aromatic heterocycles. The van der Waals surface area contributed by atoms with E-state index in [1.54, 1.807) is 10.9 Å². The van der Waals surface area contributed by atoms with Crippen molar-refractivity contribution in [3.05, 3.63) is 29.2 Å². The molecule has 0 spiro atoms. The number of aryl methyl sites for hydroxylation is 3. The van der Waals surface area contributed by atoms with Crippen molar-refractivity contribution in [2.45, 2.75) is 13.8 Å². The van der Waals surface area contributed by atoms with E-state index in [9.17, 15) is 0 Å². The maximum Gasteiger partial charge on any atom is 0.245 e. The number of nitrogens with one attached hydrogen (secondary N) is 1. The molecule has 9 heteroatoms. The van der Waals surface area contributed by atoms with Gasteiger partial charge in [0.1, 0.15) is 0 Å². The van der Waals surface area contributed by atoms with Gasteiger partial charge in [-0.1, -0.05) is 0 Å². The predicted molar refractivity (Wildman–Crippen MR) is 95.3 cm³/mol. The summed E-state index contributed by atoms with van der Waals surface area (Å²) in [4.78, 5) is 15.7. The van der Waals surface area contributed by atoms with E-state index < -0.39 is 0 Å². The lowest BCUT2D eigenvalue weighted by Crippen LogP contribution is -2.44. The van der Waals surface area contributed by atoms with Gasteiger partial charge in [-0.2, -0.15) is 4.98 Å². The van der Waals surface area contributed by atoms with E-state index in [0.29, 0.717) is 5.82 Å². The summed E-state index contributed by atoms with van der Waals surface area (Å²) in [7, 11) is 1.90. The van der Waals surface area contributed by atoms with E-state index in [1.807, 2.05) is 37.6 Å². The zero-order valence-electron chi connectivity index (χ0n) is 14.6. The molecular weight excluding hydrogens is 318 g/mol. The lowest BCUT2D eigenvalue weighted by molar-refractivity contribution is 0.578. The average Bonchev–Trinajstić information content (AvgIpc) is 3.22. The molecule has 0 radical (unpaired) electrons. The Morgan fingerprint density at radius 3 is 2.64 bits per heavy atom. The summed E-state index contributed by atoms with van der Waals surface area (Å²) in [6.07, 6.45) is 5.55. The molecular formula is C16H21N9. The Morgan fingerprint density at radius 2 is 1.88 bits per heavy atom. The number of anilines is 1. The van der Waals surface area contributed by atoms with Gasteiger partial charge in [-0.25, -0.2) is 14.2 Å². The van der Waals surface area contributed by atoms with Crippen LogP contribution in [0.4, 0.5) is 5.95 Å². The lowest BCUT2D eigenvalue weighted by atomic mass is 10.4. The van der Waals surface area contributed by atoms with Gasteiger partial charge in [-0.3, -0.25) is 4.98 Å². The fraction of sp³-hybridized carbons (Fsp3) is 0.438. The van der Waals surface area contributed by atoms with E-state index >= 15 is 0 Å². The van der Waals surface area contributed by atoms with Crippen LogP contribution >= 0.6 is 0 Å². The third-order valence-electron chi connectivity index (χ3n) is 4.29. The highest BCUT2D eigenvalue weighted by Crippen LogP contribution is 2.13. The lowest BCUT2D eigenvalue weighted by Gasteiger charge is -2.25. The standard InChI is InChI=1S/C16H21N9/c1-11-10-18-12(2)15-19-13(21-25(11)15)4-5-14-20-16(22-23(14)3)24-8-6-17-7-9-24/h4-5,10,17H,6-9H2,1-3H3/b5-4+. The molecule has 9 nitrogen and oxygen atoms in total. The molecule has 1 aliphatic rings. The Labute approximate surface area is 145 Å². The summed E-state index contributed by atoms with van der Waals surface area (Å²) < 4.78 is 3.59. The summed E-state index contributed by atoms with van der Waals surface area (Å²) in [5.41, 5.74) is 2.59. The number of rotatable bonds is 3. The molecule has 0 saturated carbocycles. The number of fused-ring (bicyclic) bond motifs is 1. The number of nitrogens with zero attached hydrogens (tertiary/aromatic N) is 8. The minimum Gasteiger partial charge on any atom is -0.337 e. The Morgan fingerprint density at radius 1 is 1.08 bits per heavy atom. The second kappa shape index (κ2) is 6.25. The van der Waals surface area contributed by atoms with Crippen LogP contribution in [0.3, 0.4) is 0 Å². The molecule has 1 aliphatic heterocycles. The van der Waals surface area contributed by atoms with Gasteiger partial charge in [0.2, 0.25) is 5.95 Å². The van der Waals surface area contributed by atoms with Crippen molar-refractivity contribution in [1.29, 1.82) is 0 Å². The maximum atomic E-state index is 4.63.